The first-order valence-electron chi connectivity index (χ1n) is 5.41. The van der Waals surface area contributed by atoms with Gasteiger partial charge in [-0.25, -0.2) is 23.3 Å². The van der Waals surface area contributed by atoms with E-state index in [1.54, 1.807) is 0 Å². The molecule has 0 spiro atoms. The number of methoxy groups -OCH3 is 1. The number of carbonyl (C=O) groups excluding carboxylic acids is 1. The zero-order valence-electron chi connectivity index (χ0n) is 10.4. The Bertz CT molecular complexity index is 559. The van der Waals surface area contributed by atoms with Crippen LogP contribution in [0.2, 0.25) is 0 Å². The molecule has 0 radical (unpaired) electrons. The number of sulfonamides is 1. The van der Waals surface area contributed by atoms with Gasteiger partial charge in [0, 0.05) is 6.54 Å². The number of nitrogens with one attached hydrogen (secondary N) is 1. The van der Waals surface area contributed by atoms with Crippen LogP contribution in [0.5, 0.6) is 0 Å². The number of aromatic nitrogens is 1. The van der Waals surface area contributed by atoms with Crippen molar-refractivity contribution in [1.82, 2.24) is 4.98 Å². The van der Waals surface area contributed by atoms with Crippen LogP contribution in [-0.2, 0) is 14.8 Å². The van der Waals surface area contributed by atoms with E-state index < -0.39 is 16.0 Å². The van der Waals surface area contributed by atoms with Crippen LogP contribution in [0.25, 0.3) is 0 Å². The van der Waals surface area contributed by atoms with Crippen molar-refractivity contribution in [3.8, 4) is 0 Å². The highest BCUT2D eigenvalue weighted by Crippen LogP contribution is 2.17. The molecular formula is C10H16N4O4S. The van der Waals surface area contributed by atoms with Crippen LogP contribution in [0.15, 0.2) is 12.3 Å². The number of esters is 1. The summed E-state index contributed by atoms with van der Waals surface area (Å²) in [7, 11) is -2.23. The molecule has 0 bridgehead atoms. The highest BCUT2D eigenvalue weighted by atomic mass is 32.2. The molecule has 0 aliphatic carbocycles. The number of pyridine rings is 1. The second kappa shape index (κ2) is 6.34. The van der Waals surface area contributed by atoms with Crippen molar-refractivity contribution < 1.29 is 17.9 Å². The van der Waals surface area contributed by atoms with Crippen LogP contribution in [0.1, 0.15) is 16.8 Å². The van der Waals surface area contributed by atoms with E-state index in [4.69, 9.17) is 10.9 Å². The molecule has 9 heteroatoms. The summed E-state index contributed by atoms with van der Waals surface area (Å²) in [5.41, 5.74) is 6.16. The van der Waals surface area contributed by atoms with E-state index in [2.05, 4.69) is 15.0 Å². The molecule has 106 valence electrons. The van der Waals surface area contributed by atoms with E-state index in [0.29, 0.717) is 18.7 Å². The largest absolute Gasteiger partial charge is 0.465 e. The van der Waals surface area contributed by atoms with Gasteiger partial charge in [-0.05, 0) is 12.5 Å². The maximum atomic E-state index is 11.5. The van der Waals surface area contributed by atoms with E-state index in [-0.39, 0.29) is 17.1 Å². The van der Waals surface area contributed by atoms with Gasteiger partial charge in [0.15, 0.2) is 0 Å². The summed E-state index contributed by atoms with van der Waals surface area (Å²) >= 11 is 0. The predicted octanol–water partition coefficient (Wildman–Crippen LogP) is -0.459. The van der Waals surface area contributed by atoms with E-state index in [0.717, 1.165) is 0 Å². The SMILES string of the molecule is COC(=O)c1cc(N)ncc1NCCCS(N)(=O)=O. The summed E-state index contributed by atoms with van der Waals surface area (Å²) in [6.07, 6.45) is 1.70. The number of nitrogens with two attached hydrogens (primary N) is 2. The van der Waals surface area contributed by atoms with E-state index in [9.17, 15) is 13.2 Å². The summed E-state index contributed by atoms with van der Waals surface area (Å²) in [5.74, 6) is -0.505. The number of nitrogens with zero attached hydrogens (tertiary/aromatic N) is 1. The Hall–Kier alpha value is -1.87. The molecule has 0 aliphatic rings. The highest BCUT2D eigenvalue weighted by molar-refractivity contribution is 7.89. The quantitative estimate of drug-likeness (QED) is 0.475. The summed E-state index contributed by atoms with van der Waals surface area (Å²) in [6.45, 7) is 0.325. The first kappa shape index (κ1) is 15.2. The Morgan fingerprint density at radius 3 is 2.79 bits per heavy atom. The lowest BCUT2D eigenvalue weighted by atomic mass is 10.2. The maximum Gasteiger partial charge on any atom is 0.340 e. The molecule has 0 fully saturated rings. The summed E-state index contributed by atoms with van der Waals surface area (Å²) in [6, 6.07) is 1.38. The smallest absolute Gasteiger partial charge is 0.340 e. The zero-order valence-corrected chi connectivity index (χ0v) is 11.2. The fourth-order valence-electron chi connectivity index (χ4n) is 1.39. The molecular weight excluding hydrogens is 272 g/mol. The summed E-state index contributed by atoms with van der Waals surface area (Å²) < 4.78 is 26.1. The molecule has 1 rings (SSSR count). The second-order valence-corrected chi connectivity index (χ2v) is 5.53. The number of nitrogen functional groups attached to an aromatic ring is 1. The van der Waals surface area contributed by atoms with E-state index in [1.165, 1.54) is 19.4 Å². The molecule has 19 heavy (non-hydrogen) atoms. The molecule has 0 aliphatic heterocycles. The fraction of sp³-hybridized carbons (Fsp3) is 0.400. The van der Waals surface area contributed by atoms with Crippen molar-refractivity contribution in [1.29, 1.82) is 0 Å². The molecule has 0 atom stereocenters. The number of ether oxygens (including phenoxy) is 1. The van der Waals surface area contributed by atoms with Crippen LogP contribution in [0.3, 0.4) is 0 Å². The number of anilines is 2. The number of primary sulfonamides is 1. The Labute approximate surface area is 111 Å². The molecule has 0 amide bonds. The third-order valence-electron chi connectivity index (χ3n) is 2.25. The predicted molar refractivity (Wildman–Crippen MR) is 71.1 cm³/mol. The lowest BCUT2D eigenvalue weighted by Gasteiger charge is -2.10. The van der Waals surface area contributed by atoms with E-state index in [1.807, 2.05) is 0 Å². The minimum Gasteiger partial charge on any atom is -0.465 e. The molecule has 1 heterocycles. The molecule has 0 saturated carbocycles. The second-order valence-electron chi connectivity index (χ2n) is 3.79. The average Bonchev–Trinajstić information content (AvgIpc) is 2.33. The first-order valence-corrected chi connectivity index (χ1v) is 7.13. The molecule has 0 aromatic carbocycles. The molecule has 1 aromatic heterocycles. The van der Waals surface area contributed by atoms with Gasteiger partial charge in [0.25, 0.3) is 0 Å². The minimum atomic E-state index is -3.48. The Balaban J connectivity index is 2.70. The van der Waals surface area contributed by atoms with Crippen molar-refractivity contribution >= 4 is 27.5 Å². The van der Waals surface area contributed by atoms with Crippen LogP contribution in [0, 0.1) is 0 Å². The Morgan fingerprint density at radius 2 is 2.21 bits per heavy atom. The molecule has 8 nitrogen and oxygen atoms in total. The van der Waals surface area contributed by atoms with Gasteiger partial charge in [-0.2, -0.15) is 0 Å². The molecule has 1 aromatic rings. The van der Waals surface area contributed by atoms with Gasteiger partial charge in [-0.3, -0.25) is 0 Å². The highest BCUT2D eigenvalue weighted by Gasteiger charge is 2.13. The number of carbonyl (C=O) groups is 1. The first-order chi connectivity index (χ1) is 8.83. The normalized spacial score (nSPS) is 11.1. The lowest BCUT2D eigenvalue weighted by Crippen LogP contribution is -2.19. The van der Waals surface area contributed by atoms with Crippen molar-refractivity contribution in [3.63, 3.8) is 0 Å². The van der Waals surface area contributed by atoms with Crippen molar-refractivity contribution in [3.05, 3.63) is 17.8 Å². The van der Waals surface area contributed by atoms with E-state index >= 15 is 0 Å². The van der Waals surface area contributed by atoms with Crippen LogP contribution in [-0.4, -0.2) is 38.8 Å². The average molecular weight is 288 g/mol. The van der Waals surface area contributed by atoms with Gasteiger partial charge in [-0.15, -0.1) is 0 Å². The fourth-order valence-corrected chi connectivity index (χ4v) is 1.93. The van der Waals surface area contributed by atoms with Gasteiger partial charge < -0.3 is 15.8 Å². The van der Waals surface area contributed by atoms with Crippen LogP contribution in [0.4, 0.5) is 11.5 Å². The number of hydrogen-bond donors (Lipinski definition) is 3. The monoisotopic (exact) mass is 288 g/mol. The molecule has 0 unspecified atom stereocenters. The maximum absolute atomic E-state index is 11.5. The van der Waals surface area contributed by atoms with Crippen LogP contribution >= 0.6 is 0 Å². The Kier molecular flexibility index (Phi) is 5.07. The van der Waals surface area contributed by atoms with Crippen LogP contribution < -0.4 is 16.2 Å². The van der Waals surface area contributed by atoms with Gasteiger partial charge in [-0.1, -0.05) is 0 Å². The topological polar surface area (TPSA) is 137 Å². The van der Waals surface area contributed by atoms with Crippen molar-refractivity contribution in [2.24, 2.45) is 5.14 Å². The summed E-state index contributed by atoms with van der Waals surface area (Å²) in [5, 5.41) is 7.77. The lowest BCUT2D eigenvalue weighted by molar-refractivity contribution is 0.0601. The van der Waals surface area contributed by atoms with Gasteiger partial charge in [0.05, 0.1) is 30.3 Å². The van der Waals surface area contributed by atoms with Gasteiger partial charge in [0.1, 0.15) is 5.82 Å². The number of hydrogen-bond acceptors (Lipinski definition) is 7. The standard InChI is InChI=1S/C10H16N4O4S/c1-18-10(15)7-5-9(11)14-6-8(7)13-3-2-4-19(12,16)17/h5-6,13H,2-4H2,1H3,(H2,11,14)(H2,12,16,17). The van der Waals surface area contributed by atoms with Crippen molar-refractivity contribution in [2.45, 2.75) is 6.42 Å². The minimum absolute atomic E-state index is 0.143. The molecule has 5 N–H and O–H groups in total. The Morgan fingerprint density at radius 1 is 1.53 bits per heavy atom. The summed E-state index contributed by atoms with van der Waals surface area (Å²) in [4.78, 5) is 15.4. The van der Waals surface area contributed by atoms with Gasteiger partial charge >= 0.3 is 5.97 Å². The van der Waals surface area contributed by atoms with Gasteiger partial charge in [0.2, 0.25) is 10.0 Å². The van der Waals surface area contributed by atoms with Crippen molar-refractivity contribution in [2.75, 3.05) is 30.5 Å². The third kappa shape index (κ3) is 5.10. The number of rotatable bonds is 6. The third-order valence-corrected chi connectivity index (χ3v) is 3.11. The molecule has 0 saturated heterocycles. The zero-order chi connectivity index (χ0) is 14.5.